The number of carbonyl (C=O) groups is 2. The van der Waals surface area contributed by atoms with Crippen LogP contribution >= 0.6 is 0 Å². The summed E-state index contributed by atoms with van der Waals surface area (Å²) in [6.45, 7) is 7.09. The molecule has 6 heteroatoms. The highest BCUT2D eigenvalue weighted by atomic mass is 16.5. The van der Waals surface area contributed by atoms with Crippen LogP contribution in [0.25, 0.3) is 0 Å². The Hall–Kier alpha value is -2.24. The summed E-state index contributed by atoms with van der Waals surface area (Å²) < 4.78 is 5.09. The summed E-state index contributed by atoms with van der Waals surface area (Å²) in [4.78, 5) is 23.2. The predicted molar refractivity (Wildman–Crippen MR) is 80.8 cm³/mol. The summed E-state index contributed by atoms with van der Waals surface area (Å²) in [5, 5.41) is 14.3. The van der Waals surface area contributed by atoms with E-state index in [4.69, 9.17) is 4.74 Å². The molecule has 0 heterocycles. The monoisotopic (exact) mass is 294 g/mol. The van der Waals surface area contributed by atoms with Gasteiger partial charge in [-0.2, -0.15) is 0 Å². The van der Waals surface area contributed by atoms with Crippen molar-refractivity contribution in [1.82, 2.24) is 5.32 Å². The van der Waals surface area contributed by atoms with Crippen molar-refractivity contribution < 1.29 is 19.4 Å². The van der Waals surface area contributed by atoms with Crippen molar-refractivity contribution in [2.24, 2.45) is 5.41 Å². The average molecular weight is 294 g/mol. The van der Waals surface area contributed by atoms with Gasteiger partial charge in [0, 0.05) is 5.69 Å². The number of aryl methyl sites for hydroxylation is 1. The van der Waals surface area contributed by atoms with E-state index < -0.39 is 23.5 Å². The van der Waals surface area contributed by atoms with Gasteiger partial charge in [0.1, 0.15) is 11.8 Å². The standard InChI is InChI=1S/C15H22N2O4/c1-9-8-10(21-5)6-7-11(9)16-14(20)17-12(13(18)19)15(2,3)4/h6-8,12H,1-5H3,(H,18,19)(H2,16,17,20)/t12-/m1/s1. The molecule has 0 aliphatic rings. The number of rotatable bonds is 4. The van der Waals surface area contributed by atoms with Gasteiger partial charge in [0.25, 0.3) is 0 Å². The Morgan fingerprint density at radius 1 is 1.29 bits per heavy atom. The van der Waals surface area contributed by atoms with E-state index in [9.17, 15) is 14.7 Å². The molecule has 0 aliphatic heterocycles. The van der Waals surface area contributed by atoms with E-state index in [0.717, 1.165) is 5.56 Å². The number of aliphatic carboxylic acids is 1. The second kappa shape index (κ2) is 6.47. The largest absolute Gasteiger partial charge is 0.497 e. The number of carbonyl (C=O) groups excluding carboxylic acids is 1. The SMILES string of the molecule is COc1ccc(NC(=O)N[C@H](C(=O)O)C(C)(C)C)c(C)c1. The topological polar surface area (TPSA) is 87.7 Å². The number of nitrogens with one attached hydrogen (secondary N) is 2. The second-order valence-electron chi connectivity index (χ2n) is 5.92. The van der Waals surface area contributed by atoms with Gasteiger partial charge in [0.2, 0.25) is 0 Å². The molecule has 1 atom stereocenters. The van der Waals surface area contributed by atoms with Crippen LogP contribution in [0.4, 0.5) is 10.5 Å². The Morgan fingerprint density at radius 3 is 2.33 bits per heavy atom. The van der Waals surface area contributed by atoms with Crippen molar-refractivity contribution in [2.75, 3.05) is 12.4 Å². The number of hydrogen-bond donors (Lipinski definition) is 3. The van der Waals surface area contributed by atoms with Crippen molar-refractivity contribution in [2.45, 2.75) is 33.7 Å². The van der Waals surface area contributed by atoms with Gasteiger partial charge in [-0.1, -0.05) is 20.8 Å². The van der Waals surface area contributed by atoms with Gasteiger partial charge >= 0.3 is 12.0 Å². The zero-order chi connectivity index (χ0) is 16.2. The van der Waals surface area contributed by atoms with E-state index in [1.165, 1.54) is 0 Å². The molecule has 0 radical (unpaired) electrons. The second-order valence-corrected chi connectivity index (χ2v) is 5.92. The third-order valence-corrected chi connectivity index (χ3v) is 3.07. The van der Waals surface area contributed by atoms with Crippen molar-refractivity contribution in [3.8, 4) is 5.75 Å². The zero-order valence-corrected chi connectivity index (χ0v) is 13.0. The maximum Gasteiger partial charge on any atom is 0.326 e. The highest BCUT2D eigenvalue weighted by molar-refractivity contribution is 5.93. The van der Waals surface area contributed by atoms with E-state index >= 15 is 0 Å². The fourth-order valence-electron chi connectivity index (χ4n) is 1.84. The van der Waals surface area contributed by atoms with E-state index in [2.05, 4.69) is 10.6 Å². The minimum Gasteiger partial charge on any atom is -0.497 e. The molecular formula is C15H22N2O4. The lowest BCUT2D eigenvalue weighted by atomic mass is 9.87. The first-order valence-electron chi connectivity index (χ1n) is 6.60. The quantitative estimate of drug-likeness (QED) is 0.796. The highest BCUT2D eigenvalue weighted by Crippen LogP contribution is 2.22. The lowest BCUT2D eigenvalue weighted by Crippen LogP contribution is -2.50. The summed E-state index contributed by atoms with van der Waals surface area (Å²) in [6.07, 6.45) is 0. The van der Waals surface area contributed by atoms with E-state index in [1.54, 1.807) is 46.1 Å². The van der Waals surface area contributed by atoms with Crippen LogP contribution in [0.1, 0.15) is 26.3 Å². The third-order valence-electron chi connectivity index (χ3n) is 3.07. The van der Waals surface area contributed by atoms with Crippen molar-refractivity contribution in [1.29, 1.82) is 0 Å². The first-order chi connectivity index (χ1) is 9.65. The Morgan fingerprint density at radius 2 is 1.90 bits per heavy atom. The molecule has 0 aromatic heterocycles. The van der Waals surface area contributed by atoms with Crippen molar-refractivity contribution >= 4 is 17.7 Å². The van der Waals surface area contributed by atoms with Gasteiger partial charge in [0.15, 0.2) is 0 Å². The fraction of sp³-hybridized carbons (Fsp3) is 0.467. The molecule has 0 spiro atoms. The molecule has 0 saturated carbocycles. The van der Waals surface area contributed by atoms with Gasteiger partial charge in [-0.3, -0.25) is 0 Å². The normalized spacial score (nSPS) is 12.4. The molecule has 2 amide bonds. The first kappa shape index (κ1) is 16.8. The van der Waals surface area contributed by atoms with Crippen LogP contribution in [0.5, 0.6) is 5.75 Å². The molecule has 1 rings (SSSR count). The van der Waals surface area contributed by atoms with Crippen LogP contribution in [0.15, 0.2) is 18.2 Å². The maximum absolute atomic E-state index is 12.0. The number of benzene rings is 1. The van der Waals surface area contributed by atoms with Crippen LogP contribution in [-0.4, -0.2) is 30.3 Å². The van der Waals surface area contributed by atoms with Crippen LogP contribution < -0.4 is 15.4 Å². The number of carboxylic acids is 1. The third kappa shape index (κ3) is 4.66. The molecule has 21 heavy (non-hydrogen) atoms. The molecule has 1 aromatic rings. The summed E-state index contributed by atoms with van der Waals surface area (Å²) in [6, 6.07) is 3.69. The van der Waals surface area contributed by atoms with Crippen LogP contribution in [0, 0.1) is 12.3 Å². The van der Waals surface area contributed by atoms with E-state index in [-0.39, 0.29) is 0 Å². The van der Waals surface area contributed by atoms with Crippen molar-refractivity contribution in [3.63, 3.8) is 0 Å². The number of amides is 2. The fourth-order valence-corrected chi connectivity index (χ4v) is 1.84. The summed E-state index contributed by atoms with van der Waals surface area (Å²) >= 11 is 0. The van der Waals surface area contributed by atoms with E-state index in [1.807, 2.05) is 6.92 Å². The molecule has 116 valence electrons. The molecule has 6 nitrogen and oxygen atoms in total. The highest BCUT2D eigenvalue weighted by Gasteiger charge is 2.32. The molecular weight excluding hydrogens is 272 g/mol. The molecule has 0 saturated heterocycles. The van der Waals surface area contributed by atoms with Gasteiger partial charge in [0.05, 0.1) is 7.11 Å². The zero-order valence-electron chi connectivity index (χ0n) is 13.0. The number of anilines is 1. The summed E-state index contributed by atoms with van der Waals surface area (Å²) in [5.74, 6) is -0.374. The number of methoxy groups -OCH3 is 1. The van der Waals surface area contributed by atoms with E-state index in [0.29, 0.717) is 11.4 Å². The molecule has 3 N–H and O–H groups in total. The minimum absolute atomic E-state index is 0.550. The molecule has 0 aliphatic carbocycles. The van der Waals surface area contributed by atoms with Gasteiger partial charge < -0.3 is 20.5 Å². The first-order valence-corrected chi connectivity index (χ1v) is 6.60. The average Bonchev–Trinajstić information content (AvgIpc) is 2.36. The minimum atomic E-state index is -1.07. The lowest BCUT2D eigenvalue weighted by Gasteiger charge is -2.27. The maximum atomic E-state index is 12.0. The van der Waals surface area contributed by atoms with Crippen LogP contribution in [0.3, 0.4) is 0 Å². The molecule has 1 aromatic carbocycles. The number of carboxylic acid groups (broad SMARTS) is 1. The lowest BCUT2D eigenvalue weighted by molar-refractivity contribution is -0.141. The van der Waals surface area contributed by atoms with Crippen LogP contribution in [-0.2, 0) is 4.79 Å². The smallest absolute Gasteiger partial charge is 0.326 e. The van der Waals surface area contributed by atoms with Crippen molar-refractivity contribution in [3.05, 3.63) is 23.8 Å². The Balaban J connectivity index is 2.79. The number of hydrogen-bond acceptors (Lipinski definition) is 3. The number of ether oxygens (including phenoxy) is 1. The summed E-state index contributed by atoms with van der Waals surface area (Å²) in [7, 11) is 1.56. The number of urea groups is 1. The molecule has 0 unspecified atom stereocenters. The van der Waals surface area contributed by atoms with Gasteiger partial charge in [-0.05, 0) is 36.1 Å². The Labute approximate surface area is 124 Å². The Kier molecular flexibility index (Phi) is 5.18. The van der Waals surface area contributed by atoms with Gasteiger partial charge in [-0.25, -0.2) is 9.59 Å². The molecule has 0 bridgehead atoms. The Bertz CT molecular complexity index is 535. The van der Waals surface area contributed by atoms with Crippen LogP contribution in [0.2, 0.25) is 0 Å². The molecule has 0 fully saturated rings. The predicted octanol–water partition coefficient (Wildman–Crippen LogP) is 2.62. The summed E-state index contributed by atoms with van der Waals surface area (Å²) in [5.41, 5.74) is 0.844. The van der Waals surface area contributed by atoms with Gasteiger partial charge in [-0.15, -0.1) is 0 Å².